The van der Waals surface area contributed by atoms with Crippen LogP contribution in [0.15, 0.2) is 121 Å². The van der Waals surface area contributed by atoms with Crippen LogP contribution in [-0.4, -0.2) is 0 Å². The number of benzene rings is 4. The fraction of sp³-hybridized carbons (Fsp3) is 0. The van der Waals surface area contributed by atoms with Crippen LogP contribution < -0.4 is 15.9 Å². The van der Waals surface area contributed by atoms with Crippen molar-refractivity contribution in [2.75, 3.05) is 0 Å². The van der Waals surface area contributed by atoms with Crippen molar-refractivity contribution >= 4 is 35.4 Å². The molecule has 0 spiro atoms. The highest BCUT2D eigenvalue weighted by Crippen LogP contribution is 2.32. The van der Waals surface area contributed by atoms with Crippen LogP contribution in [0.25, 0.3) is 0 Å². The van der Waals surface area contributed by atoms with Crippen molar-refractivity contribution in [3.63, 3.8) is 0 Å². The Morgan fingerprint density at radius 2 is 0.654 bits per heavy atom. The highest BCUT2D eigenvalue weighted by molar-refractivity contribution is 7.79. The van der Waals surface area contributed by atoms with E-state index in [4.69, 9.17) is 11.6 Å². The van der Waals surface area contributed by atoms with Gasteiger partial charge in [-0.05, 0) is 36.0 Å². The third kappa shape index (κ3) is 5.30. The minimum atomic E-state index is -0.446. The summed E-state index contributed by atoms with van der Waals surface area (Å²) in [5.41, 5.74) is 0. The summed E-state index contributed by atoms with van der Waals surface area (Å²) in [4.78, 5) is 0. The van der Waals surface area contributed by atoms with Gasteiger partial charge in [0.1, 0.15) is 0 Å². The fourth-order valence-corrected chi connectivity index (χ4v) is 5.04. The minimum Gasteiger partial charge on any atom is -0.0843 e. The van der Waals surface area contributed by atoms with Gasteiger partial charge in [-0.15, -0.1) is 0 Å². The first-order valence-corrected chi connectivity index (χ1v) is 10.2. The standard InChI is InChI=1S/C18H15P.C6H5Cl/c1-4-10-16(11-5-1)19(17-12-6-2-7-13-17)18-14-8-3-9-15-18;7-6-4-2-1-3-5-6/h1-15H;1-5H. The van der Waals surface area contributed by atoms with Gasteiger partial charge in [0.05, 0.1) is 0 Å². The molecular formula is C24H20ClP. The molecule has 0 amide bonds. The normalized spacial score (nSPS) is 10.1. The van der Waals surface area contributed by atoms with E-state index in [0.717, 1.165) is 5.02 Å². The predicted octanol–water partition coefficient (Wildman–Crippen LogP) is 5.78. The zero-order valence-electron chi connectivity index (χ0n) is 14.4. The van der Waals surface area contributed by atoms with Gasteiger partial charge >= 0.3 is 0 Å². The zero-order chi connectivity index (χ0) is 18.0. The van der Waals surface area contributed by atoms with Gasteiger partial charge in [-0.25, -0.2) is 0 Å². The molecular weight excluding hydrogens is 355 g/mol. The van der Waals surface area contributed by atoms with Crippen molar-refractivity contribution < 1.29 is 0 Å². The molecule has 0 radical (unpaired) electrons. The maximum absolute atomic E-state index is 5.54. The van der Waals surface area contributed by atoms with Gasteiger partial charge in [0.15, 0.2) is 0 Å². The van der Waals surface area contributed by atoms with E-state index in [1.165, 1.54) is 15.9 Å². The van der Waals surface area contributed by atoms with Crippen molar-refractivity contribution in [1.82, 2.24) is 0 Å². The molecule has 0 aliphatic heterocycles. The van der Waals surface area contributed by atoms with Crippen LogP contribution in [-0.2, 0) is 0 Å². The van der Waals surface area contributed by atoms with E-state index in [0.29, 0.717) is 0 Å². The lowest BCUT2D eigenvalue weighted by Gasteiger charge is -2.18. The topological polar surface area (TPSA) is 0 Å². The highest BCUT2D eigenvalue weighted by atomic mass is 35.5. The second kappa shape index (κ2) is 9.92. The summed E-state index contributed by atoms with van der Waals surface area (Å²) in [5, 5.41) is 4.99. The summed E-state index contributed by atoms with van der Waals surface area (Å²) in [6.07, 6.45) is 0. The molecule has 0 heterocycles. The second-order valence-electron chi connectivity index (χ2n) is 5.64. The van der Waals surface area contributed by atoms with Gasteiger partial charge in [0.2, 0.25) is 0 Å². The Labute approximate surface area is 161 Å². The van der Waals surface area contributed by atoms with Crippen molar-refractivity contribution in [2.24, 2.45) is 0 Å². The highest BCUT2D eigenvalue weighted by Gasteiger charge is 2.14. The first kappa shape index (κ1) is 18.4. The molecule has 0 aliphatic carbocycles. The molecule has 26 heavy (non-hydrogen) atoms. The first-order valence-electron chi connectivity index (χ1n) is 8.50. The molecule has 0 aliphatic rings. The van der Waals surface area contributed by atoms with E-state index in [9.17, 15) is 0 Å². The van der Waals surface area contributed by atoms with Crippen molar-refractivity contribution in [3.05, 3.63) is 126 Å². The molecule has 0 saturated heterocycles. The van der Waals surface area contributed by atoms with Crippen LogP contribution in [0, 0.1) is 0 Å². The Bertz CT molecular complexity index is 784. The third-order valence-corrected chi connectivity index (χ3v) is 6.47. The molecule has 2 heteroatoms. The monoisotopic (exact) mass is 374 g/mol. The minimum absolute atomic E-state index is 0.446. The van der Waals surface area contributed by atoms with Gasteiger partial charge < -0.3 is 0 Å². The van der Waals surface area contributed by atoms with E-state index in [2.05, 4.69) is 91.0 Å². The molecule has 0 aromatic heterocycles. The molecule has 4 aromatic carbocycles. The SMILES string of the molecule is Clc1ccccc1.c1ccc(P(c2ccccc2)c2ccccc2)cc1. The summed E-state index contributed by atoms with van der Waals surface area (Å²) >= 11 is 5.54. The predicted molar refractivity (Wildman–Crippen MR) is 117 cm³/mol. The van der Waals surface area contributed by atoms with Crippen molar-refractivity contribution in [2.45, 2.75) is 0 Å². The summed E-state index contributed by atoms with van der Waals surface area (Å²) in [5.74, 6) is 0. The van der Waals surface area contributed by atoms with Gasteiger partial charge in [0.25, 0.3) is 0 Å². The van der Waals surface area contributed by atoms with Crippen LogP contribution in [0.3, 0.4) is 0 Å². The van der Waals surface area contributed by atoms with Crippen LogP contribution in [0.2, 0.25) is 5.02 Å². The molecule has 0 fully saturated rings. The number of hydrogen-bond acceptors (Lipinski definition) is 0. The Balaban J connectivity index is 0.000000236. The molecule has 0 atom stereocenters. The maximum Gasteiger partial charge on any atom is 0.0405 e. The van der Waals surface area contributed by atoms with Gasteiger partial charge in [-0.1, -0.05) is 121 Å². The smallest absolute Gasteiger partial charge is 0.0405 e. The Hall–Kier alpha value is -2.40. The summed E-state index contributed by atoms with van der Waals surface area (Å²) in [7, 11) is -0.446. The molecule has 0 saturated carbocycles. The lowest BCUT2D eigenvalue weighted by molar-refractivity contribution is 1.71. The van der Waals surface area contributed by atoms with Crippen molar-refractivity contribution in [1.29, 1.82) is 0 Å². The average Bonchev–Trinajstić information content (AvgIpc) is 2.72. The number of halogens is 1. The number of hydrogen-bond donors (Lipinski definition) is 0. The number of rotatable bonds is 3. The van der Waals surface area contributed by atoms with E-state index in [1.807, 2.05) is 30.3 Å². The molecule has 0 N–H and O–H groups in total. The fourth-order valence-electron chi connectivity index (χ4n) is 2.59. The third-order valence-electron chi connectivity index (χ3n) is 3.78. The lowest BCUT2D eigenvalue weighted by atomic mass is 10.4. The van der Waals surface area contributed by atoms with E-state index < -0.39 is 7.92 Å². The summed E-state index contributed by atoms with van der Waals surface area (Å²) in [6, 6.07) is 41.8. The Kier molecular flexibility index (Phi) is 7.02. The molecule has 4 rings (SSSR count). The average molecular weight is 375 g/mol. The molecule has 4 aromatic rings. The van der Waals surface area contributed by atoms with Gasteiger partial charge in [-0.3, -0.25) is 0 Å². The van der Waals surface area contributed by atoms with Crippen molar-refractivity contribution in [3.8, 4) is 0 Å². The van der Waals surface area contributed by atoms with E-state index >= 15 is 0 Å². The molecule has 0 nitrogen and oxygen atoms in total. The first-order chi connectivity index (χ1) is 12.8. The van der Waals surface area contributed by atoms with Crippen LogP contribution in [0.5, 0.6) is 0 Å². The Morgan fingerprint density at radius 3 is 0.885 bits per heavy atom. The summed E-state index contributed by atoms with van der Waals surface area (Å²) < 4.78 is 0. The van der Waals surface area contributed by atoms with Gasteiger partial charge in [-0.2, -0.15) is 0 Å². The second-order valence-corrected chi connectivity index (χ2v) is 8.29. The van der Waals surface area contributed by atoms with E-state index in [-0.39, 0.29) is 0 Å². The van der Waals surface area contributed by atoms with Crippen LogP contribution in [0.1, 0.15) is 0 Å². The Morgan fingerprint density at radius 1 is 0.385 bits per heavy atom. The lowest BCUT2D eigenvalue weighted by Crippen LogP contribution is -2.20. The van der Waals surface area contributed by atoms with Gasteiger partial charge in [0, 0.05) is 5.02 Å². The van der Waals surface area contributed by atoms with Crippen LogP contribution in [0.4, 0.5) is 0 Å². The molecule has 128 valence electrons. The maximum atomic E-state index is 5.54. The zero-order valence-corrected chi connectivity index (χ0v) is 16.0. The van der Waals surface area contributed by atoms with E-state index in [1.54, 1.807) is 0 Å². The van der Waals surface area contributed by atoms with Crippen LogP contribution >= 0.6 is 19.5 Å². The summed E-state index contributed by atoms with van der Waals surface area (Å²) in [6.45, 7) is 0. The quantitative estimate of drug-likeness (QED) is 0.398. The largest absolute Gasteiger partial charge is 0.0843 e. The molecule has 0 unspecified atom stereocenters. The molecule has 0 bridgehead atoms.